The predicted molar refractivity (Wildman–Crippen MR) is 109 cm³/mol. The fourth-order valence-electron chi connectivity index (χ4n) is 3.78. The Morgan fingerprint density at radius 3 is 2.59 bits per heavy atom. The number of aliphatic hydroxyl groups is 1. The van der Waals surface area contributed by atoms with Crippen LogP contribution in [0.15, 0.2) is 54.6 Å². The average molecular weight is 397 g/mol. The van der Waals surface area contributed by atoms with E-state index in [0.29, 0.717) is 37.2 Å². The molecule has 6 heteroatoms. The topological polar surface area (TPSA) is 76.1 Å². The normalized spacial score (nSPS) is 18.9. The Kier molecular flexibility index (Phi) is 6.88. The average Bonchev–Trinajstić information content (AvgIpc) is 2.79. The summed E-state index contributed by atoms with van der Waals surface area (Å²) in [5, 5.41) is 10.1. The number of hydrogen-bond donors (Lipinski definition) is 1. The van der Waals surface area contributed by atoms with Crippen molar-refractivity contribution in [2.75, 3.05) is 33.4 Å². The molecule has 0 radical (unpaired) electrons. The van der Waals surface area contributed by atoms with Gasteiger partial charge in [-0.1, -0.05) is 24.3 Å². The molecule has 2 aromatic carbocycles. The number of ether oxygens (including phenoxy) is 2. The molecule has 1 fully saturated rings. The molecule has 1 atom stereocenters. The van der Waals surface area contributed by atoms with Crippen LogP contribution >= 0.6 is 0 Å². The van der Waals surface area contributed by atoms with Crippen LogP contribution in [-0.2, 0) is 4.74 Å². The first-order valence-electron chi connectivity index (χ1n) is 9.83. The van der Waals surface area contributed by atoms with Crippen molar-refractivity contribution in [3.05, 3.63) is 65.7 Å². The summed E-state index contributed by atoms with van der Waals surface area (Å²) < 4.78 is 10.5. The monoisotopic (exact) mass is 397 g/mol. The molecule has 1 heterocycles. The third-order valence-electron chi connectivity index (χ3n) is 5.46. The van der Waals surface area contributed by atoms with E-state index in [2.05, 4.69) is 0 Å². The van der Waals surface area contributed by atoms with E-state index in [1.807, 2.05) is 30.3 Å². The standard InChI is InChI=1S/C23H27NO5/c1-28-22(27)19-8-5-7-18(15-19)21(26)24-13-6-11-23(16-24,17-25)12-14-29-20-9-3-2-4-10-20/h2-5,7-10,15,25H,6,11-14,16-17H2,1H3/t23-/m1/s1. The molecule has 2 aromatic rings. The van der Waals surface area contributed by atoms with Crippen LogP contribution in [0.4, 0.5) is 0 Å². The molecule has 0 aromatic heterocycles. The first-order chi connectivity index (χ1) is 14.1. The van der Waals surface area contributed by atoms with Crippen LogP contribution in [0.5, 0.6) is 5.75 Å². The molecule has 1 N–H and O–H groups in total. The summed E-state index contributed by atoms with van der Waals surface area (Å²) in [6.45, 7) is 1.56. The molecule has 6 nitrogen and oxygen atoms in total. The van der Waals surface area contributed by atoms with Crippen LogP contribution < -0.4 is 4.74 Å². The van der Waals surface area contributed by atoms with Gasteiger partial charge in [0, 0.05) is 24.1 Å². The lowest BCUT2D eigenvalue weighted by Crippen LogP contribution is -2.48. The minimum atomic E-state index is -0.471. The zero-order valence-electron chi connectivity index (χ0n) is 16.7. The number of esters is 1. The Morgan fingerprint density at radius 1 is 1.10 bits per heavy atom. The van der Waals surface area contributed by atoms with Crippen molar-refractivity contribution in [3.63, 3.8) is 0 Å². The van der Waals surface area contributed by atoms with Crippen LogP contribution in [0.25, 0.3) is 0 Å². The molecule has 0 unspecified atom stereocenters. The molecule has 1 aliphatic heterocycles. The number of likely N-dealkylation sites (tertiary alicyclic amines) is 1. The summed E-state index contributed by atoms with van der Waals surface area (Å²) in [5.41, 5.74) is 0.407. The highest BCUT2D eigenvalue weighted by molar-refractivity contribution is 5.98. The number of rotatable bonds is 7. The molecule has 0 bridgehead atoms. The second-order valence-corrected chi connectivity index (χ2v) is 7.47. The number of nitrogens with zero attached hydrogens (tertiary/aromatic N) is 1. The predicted octanol–water partition coefficient (Wildman–Crippen LogP) is 3.16. The second-order valence-electron chi connectivity index (χ2n) is 7.47. The fraction of sp³-hybridized carbons (Fsp3) is 0.391. The van der Waals surface area contributed by atoms with Crippen molar-refractivity contribution in [1.29, 1.82) is 0 Å². The van der Waals surface area contributed by atoms with Crippen molar-refractivity contribution in [3.8, 4) is 5.75 Å². The van der Waals surface area contributed by atoms with Gasteiger partial charge in [0.15, 0.2) is 0 Å². The van der Waals surface area contributed by atoms with E-state index in [-0.39, 0.29) is 17.9 Å². The lowest BCUT2D eigenvalue weighted by molar-refractivity contribution is 0.0156. The van der Waals surface area contributed by atoms with Gasteiger partial charge in [0.2, 0.25) is 0 Å². The first kappa shape index (κ1) is 20.9. The van der Waals surface area contributed by atoms with Crippen molar-refractivity contribution in [1.82, 2.24) is 4.90 Å². The van der Waals surface area contributed by atoms with Crippen LogP contribution in [-0.4, -0.2) is 55.3 Å². The van der Waals surface area contributed by atoms with E-state index in [0.717, 1.165) is 18.6 Å². The summed E-state index contributed by atoms with van der Waals surface area (Å²) in [6, 6.07) is 16.1. The number of amides is 1. The third kappa shape index (κ3) is 5.15. The van der Waals surface area contributed by atoms with Gasteiger partial charge in [-0.2, -0.15) is 0 Å². The summed E-state index contributed by atoms with van der Waals surface area (Å²) >= 11 is 0. The number of benzene rings is 2. The van der Waals surface area contributed by atoms with E-state index in [9.17, 15) is 14.7 Å². The highest BCUT2D eigenvalue weighted by Crippen LogP contribution is 2.34. The largest absolute Gasteiger partial charge is 0.494 e. The van der Waals surface area contributed by atoms with E-state index in [1.165, 1.54) is 7.11 Å². The van der Waals surface area contributed by atoms with Crippen molar-refractivity contribution in [2.24, 2.45) is 5.41 Å². The first-order valence-corrected chi connectivity index (χ1v) is 9.83. The van der Waals surface area contributed by atoms with Crippen molar-refractivity contribution < 1.29 is 24.2 Å². The van der Waals surface area contributed by atoms with Gasteiger partial charge in [0.05, 0.1) is 25.9 Å². The smallest absolute Gasteiger partial charge is 0.337 e. The van der Waals surface area contributed by atoms with E-state index in [1.54, 1.807) is 29.2 Å². The van der Waals surface area contributed by atoms with Gasteiger partial charge in [-0.05, 0) is 49.6 Å². The number of piperidine rings is 1. The maximum absolute atomic E-state index is 13.0. The molecule has 1 aliphatic rings. The number of para-hydroxylation sites is 1. The highest BCUT2D eigenvalue weighted by atomic mass is 16.5. The number of carbonyl (C=O) groups excluding carboxylic acids is 2. The van der Waals surface area contributed by atoms with Crippen LogP contribution in [0.3, 0.4) is 0 Å². The van der Waals surface area contributed by atoms with Gasteiger partial charge in [0.1, 0.15) is 5.75 Å². The molecule has 29 heavy (non-hydrogen) atoms. The van der Waals surface area contributed by atoms with Crippen LogP contribution in [0.1, 0.15) is 40.0 Å². The molecule has 154 valence electrons. The van der Waals surface area contributed by atoms with E-state index < -0.39 is 5.97 Å². The SMILES string of the molecule is COC(=O)c1cccc(C(=O)N2CCC[C@@](CO)(CCOc3ccccc3)C2)c1. The maximum atomic E-state index is 13.0. The van der Waals surface area contributed by atoms with Crippen LogP contribution in [0, 0.1) is 5.41 Å². The van der Waals surface area contributed by atoms with Crippen molar-refractivity contribution >= 4 is 11.9 Å². The van der Waals surface area contributed by atoms with Gasteiger partial charge < -0.3 is 19.5 Å². The third-order valence-corrected chi connectivity index (χ3v) is 5.46. The highest BCUT2D eigenvalue weighted by Gasteiger charge is 2.37. The van der Waals surface area contributed by atoms with E-state index >= 15 is 0 Å². The maximum Gasteiger partial charge on any atom is 0.337 e. The van der Waals surface area contributed by atoms with Gasteiger partial charge in [-0.25, -0.2) is 4.79 Å². The summed E-state index contributed by atoms with van der Waals surface area (Å²) in [4.78, 5) is 26.5. The lowest BCUT2D eigenvalue weighted by Gasteiger charge is -2.42. The molecular formula is C23H27NO5. The Balaban J connectivity index is 1.66. The quantitative estimate of drug-likeness (QED) is 0.727. The zero-order chi connectivity index (χ0) is 20.7. The second kappa shape index (κ2) is 9.56. The van der Waals surface area contributed by atoms with Crippen molar-refractivity contribution in [2.45, 2.75) is 19.3 Å². The molecular weight excluding hydrogens is 370 g/mol. The minimum absolute atomic E-state index is 0.00285. The number of carbonyl (C=O) groups is 2. The Labute approximate surface area is 171 Å². The fourth-order valence-corrected chi connectivity index (χ4v) is 3.78. The van der Waals surface area contributed by atoms with Gasteiger partial charge in [-0.3, -0.25) is 4.79 Å². The molecule has 0 saturated carbocycles. The molecule has 0 spiro atoms. The Bertz CT molecular complexity index is 838. The van der Waals surface area contributed by atoms with E-state index in [4.69, 9.17) is 9.47 Å². The molecule has 3 rings (SSSR count). The summed E-state index contributed by atoms with van der Waals surface area (Å²) in [7, 11) is 1.31. The molecule has 1 amide bonds. The Morgan fingerprint density at radius 2 is 1.86 bits per heavy atom. The Hall–Kier alpha value is -2.86. The number of aliphatic hydroxyl groups excluding tert-OH is 1. The lowest BCUT2D eigenvalue weighted by atomic mass is 9.78. The zero-order valence-corrected chi connectivity index (χ0v) is 16.7. The number of methoxy groups -OCH3 is 1. The molecule has 0 aliphatic carbocycles. The summed E-state index contributed by atoms with van der Waals surface area (Å²) in [6.07, 6.45) is 2.31. The van der Waals surface area contributed by atoms with Crippen LogP contribution in [0.2, 0.25) is 0 Å². The summed E-state index contributed by atoms with van der Waals surface area (Å²) in [5.74, 6) is 0.183. The van der Waals surface area contributed by atoms with Gasteiger partial charge in [0.25, 0.3) is 5.91 Å². The van der Waals surface area contributed by atoms with Gasteiger partial charge >= 0.3 is 5.97 Å². The molecule has 1 saturated heterocycles. The minimum Gasteiger partial charge on any atom is -0.494 e. The van der Waals surface area contributed by atoms with Gasteiger partial charge in [-0.15, -0.1) is 0 Å². The number of hydrogen-bond acceptors (Lipinski definition) is 5.